The van der Waals surface area contributed by atoms with E-state index in [-0.39, 0.29) is 17.9 Å². The van der Waals surface area contributed by atoms with E-state index < -0.39 is 0 Å². The summed E-state index contributed by atoms with van der Waals surface area (Å²) in [6, 6.07) is 9.83. The molecule has 0 saturated carbocycles. The first-order chi connectivity index (χ1) is 10.2. The van der Waals surface area contributed by atoms with Gasteiger partial charge in [-0.25, -0.2) is 0 Å². The number of carbonyl (C=O) groups is 1. The highest BCUT2D eigenvalue weighted by atomic mass is 16.1. The van der Waals surface area contributed by atoms with Crippen LogP contribution in [-0.4, -0.2) is 26.5 Å². The number of H-pyrrole nitrogens is 1. The summed E-state index contributed by atoms with van der Waals surface area (Å²) < 4.78 is 0. The lowest BCUT2D eigenvalue weighted by Gasteiger charge is -2.18. The van der Waals surface area contributed by atoms with Crippen LogP contribution < -0.4 is 5.32 Å². The van der Waals surface area contributed by atoms with Crippen LogP contribution in [0.25, 0.3) is 0 Å². The van der Waals surface area contributed by atoms with Crippen molar-refractivity contribution in [1.29, 1.82) is 0 Å². The van der Waals surface area contributed by atoms with Crippen LogP contribution in [0.5, 0.6) is 0 Å². The number of amides is 1. The number of aromatic nitrogens is 4. The molecule has 2 aromatic rings. The molecular formula is C15H21N5O. The molecule has 2 rings (SSSR count). The Balaban J connectivity index is 1.95. The van der Waals surface area contributed by atoms with Crippen molar-refractivity contribution in [3.05, 3.63) is 41.7 Å². The fraction of sp³-hybridized carbons (Fsp3) is 0.467. The Morgan fingerprint density at radius 2 is 2.10 bits per heavy atom. The summed E-state index contributed by atoms with van der Waals surface area (Å²) in [5, 5.41) is 16.9. The third kappa shape index (κ3) is 4.37. The van der Waals surface area contributed by atoms with Crippen molar-refractivity contribution in [3.8, 4) is 0 Å². The zero-order chi connectivity index (χ0) is 15.1. The van der Waals surface area contributed by atoms with E-state index in [1.165, 1.54) is 0 Å². The first-order valence-electron chi connectivity index (χ1n) is 7.28. The van der Waals surface area contributed by atoms with Gasteiger partial charge >= 0.3 is 0 Å². The highest BCUT2D eigenvalue weighted by molar-refractivity contribution is 5.78. The maximum absolute atomic E-state index is 12.3. The lowest BCUT2D eigenvalue weighted by molar-refractivity contribution is -0.125. The van der Waals surface area contributed by atoms with Crippen molar-refractivity contribution in [2.45, 2.75) is 39.2 Å². The molecule has 1 amide bonds. The SMILES string of the molecule is CCCC(NC(=O)C(C)Cc1ccccc1)c1nn[nH]n1. The van der Waals surface area contributed by atoms with Crippen molar-refractivity contribution >= 4 is 5.91 Å². The number of carbonyl (C=O) groups excluding carboxylic acids is 1. The van der Waals surface area contributed by atoms with Gasteiger partial charge in [0.1, 0.15) is 0 Å². The van der Waals surface area contributed by atoms with Gasteiger partial charge in [0.25, 0.3) is 0 Å². The zero-order valence-corrected chi connectivity index (χ0v) is 12.4. The Morgan fingerprint density at radius 3 is 2.71 bits per heavy atom. The average Bonchev–Trinajstić information content (AvgIpc) is 3.02. The number of nitrogens with one attached hydrogen (secondary N) is 2. The van der Waals surface area contributed by atoms with E-state index in [2.05, 4.69) is 32.9 Å². The standard InChI is InChI=1S/C15H21N5O/c1-3-7-13(14-17-19-20-18-14)16-15(21)11(2)10-12-8-5-4-6-9-12/h4-6,8-9,11,13H,3,7,10H2,1-2H3,(H,16,21)(H,17,18,19,20). The molecule has 0 aliphatic heterocycles. The quantitative estimate of drug-likeness (QED) is 0.816. The van der Waals surface area contributed by atoms with Gasteiger partial charge in [-0.2, -0.15) is 5.21 Å². The van der Waals surface area contributed by atoms with Crippen LogP contribution in [0, 0.1) is 5.92 Å². The largest absolute Gasteiger partial charge is 0.346 e. The lowest BCUT2D eigenvalue weighted by Crippen LogP contribution is -2.34. The normalized spacial score (nSPS) is 13.6. The molecule has 6 heteroatoms. The number of hydrogen-bond donors (Lipinski definition) is 2. The van der Waals surface area contributed by atoms with E-state index >= 15 is 0 Å². The predicted octanol–water partition coefficient (Wildman–Crippen LogP) is 2.04. The molecule has 0 bridgehead atoms. The van der Waals surface area contributed by atoms with Crippen LogP contribution in [0.3, 0.4) is 0 Å². The number of tetrazole rings is 1. The molecule has 0 fully saturated rings. The van der Waals surface area contributed by atoms with Gasteiger partial charge in [-0.1, -0.05) is 55.8 Å². The molecule has 21 heavy (non-hydrogen) atoms. The van der Waals surface area contributed by atoms with Crippen molar-refractivity contribution in [2.75, 3.05) is 0 Å². The molecule has 1 aromatic carbocycles. The van der Waals surface area contributed by atoms with Crippen LogP contribution in [0.15, 0.2) is 30.3 Å². The molecule has 2 N–H and O–H groups in total. The molecule has 1 aromatic heterocycles. The molecule has 2 atom stereocenters. The summed E-state index contributed by atoms with van der Waals surface area (Å²) >= 11 is 0. The second kappa shape index (κ2) is 7.52. The van der Waals surface area contributed by atoms with E-state index in [0.29, 0.717) is 5.82 Å². The Kier molecular flexibility index (Phi) is 5.43. The minimum Gasteiger partial charge on any atom is -0.346 e. The molecule has 0 radical (unpaired) electrons. The minimum absolute atomic E-state index is 0.0158. The van der Waals surface area contributed by atoms with Gasteiger partial charge in [0, 0.05) is 5.92 Å². The highest BCUT2D eigenvalue weighted by Crippen LogP contribution is 2.15. The van der Waals surface area contributed by atoms with Crippen molar-refractivity contribution in [2.24, 2.45) is 5.92 Å². The Bertz CT molecular complexity index is 540. The first-order valence-corrected chi connectivity index (χ1v) is 7.28. The number of hydrogen-bond acceptors (Lipinski definition) is 4. The van der Waals surface area contributed by atoms with Crippen LogP contribution in [0.4, 0.5) is 0 Å². The number of rotatable bonds is 7. The molecule has 0 spiro atoms. The van der Waals surface area contributed by atoms with E-state index in [1.807, 2.05) is 37.3 Å². The average molecular weight is 287 g/mol. The predicted molar refractivity (Wildman–Crippen MR) is 79.3 cm³/mol. The van der Waals surface area contributed by atoms with Crippen molar-refractivity contribution in [3.63, 3.8) is 0 Å². The summed E-state index contributed by atoms with van der Waals surface area (Å²) in [5.74, 6) is 0.456. The zero-order valence-electron chi connectivity index (χ0n) is 12.4. The van der Waals surface area contributed by atoms with Gasteiger partial charge in [-0.3, -0.25) is 4.79 Å². The van der Waals surface area contributed by atoms with Crippen LogP contribution >= 0.6 is 0 Å². The van der Waals surface area contributed by atoms with Gasteiger partial charge in [0.2, 0.25) is 5.91 Å². The summed E-state index contributed by atoms with van der Waals surface area (Å²) in [6.07, 6.45) is 2.45. The minimum atomic E-state index is -0.181. The highest BCUT2D eigenvalue weighted by Gasteiger charge is 2.21. The van der Waals surface area contributed by atoms with E-state index in [4.69, 9.17) is 0 Å². The summed E-state index contributed by atoms with van der Waals surface area (Å²) in [4.78, 5) is 12.3. The fourth-order valence-corrected chi connectivity index (χ4v) is 2.25. The third-order valence-corrected chi connectivity index (χ3v) is 3.40. The van der Waals surface area contributed by atoms with Gasteiger partial charge in [-0.05, 0) is 18.4 Å². The van der Waals surface area contributed by atoms with Crippen molar-refractivity contribution in [1.82, 2.24) is 25.9 Å². The van der Waals surface area contributed by atoms with Gasteiger partial charge in [0.05, 0.1) is 6.04 Å². The van der Waals surface area contributed by atoms with Crippen LogP contribution in [0.1, 0.15) is 44.1 Å². The lowest BCUT2D eigenvalue weighted by atomic mass is 9.99. The third-order valence-electron chi connectivity index (χ3n) is 3.40. The Morgan fingerprint density at radius 1 is 1.33 bits per heavy atom. The second-order valence-corrected chi connectivity index (χ2v) is 5.21. The van der Waals surface area contributed by atoms with Gasteiger partial charge in [0.15, 0.2) is 5.82 Å². The van der Waals surface area contributed by atoms with Crippen LogP contribution in [0.2, 0.25) is 0 Å². The molecule has 6 nitrogen and oxygen atoms in total. The topological polar surface area (TPSA) is 83.6 Å². The van der Waals surface area contributed by atoms with Crippen molar-refractivity contribution < 1.29 is 4.79 Å². The molecule has 1 heterocycles. The molecular weight excluding hydrogens is 266 g/mol. The fourth-order valence-electron chi connectivity index (χ4n) is 2.25. The monoisotopic (exact) mass is 287 g/mol. The summed E-state index contributed by atoms with van der Waals surface area (Å²) in [5.41, 5.74) is 1.16. The van der Waals surface area contributed by atoms with E-state index in [1.54, 1.807) is 0 Å². The Hall–Kier alpha value is -2.24. The number of benzene rings is 1. The maximum Gasteiger partial charge on any atom is 0.223 e. The van der Waals surface area contributed by atoms with Gasteiger partial charge in [-0.15, -0.1) is 10.2 Å². The number of aromatic amines is 1. The van der Waals surface area contributed by atoms with Gasteiger partial charge < -0.3 is 5.32 Å². The van der Waals surface area contributed by atoms with E-state index in [0.717, 1.165) is 24.8 Å². The van der Waals surface area contributed by atoms with Crippen LogP contribution in [-0.2, 0) is 11.2 Å². The second-order valence-electron chi connectivity index (χ2n) is 5.21. The summed E-state index contributed by atoms with van der Waals surface area (Å²) in [6.45, 7) is 3.99. The molecule has 2 unspecified atom stereocenters. The molecule has 112 valence electrons. The molecule has 0 aliphatic rings. The number of nitrogens with zero attached hydrogens (tertiary/aromatic N) is 3. The van der Waals surface area contributed by atoms with E-state index in [9.17, 15) is 4.79 Å². The first kappa shape index (κ1) is 15.2. The Labute approximate surface area is 124 Å². The maximum atomic E-state index is 12.3. The molecule has 0 saturated heterocycles. The molecule has 0 aliphatic carbocycles. The smallest absolute Gasteiger partial charge is 0.223 e. The summed E-state index contributed by atoms with van der Waals surface area (Å²) in [7, 11) is 0.